The van der Waals surface area contributed by atoms with Crippen LogP contribution in [0.1, 0.15) is 125 Å². The predicted octanol–water partition coefficient (Wildman–Crippen LogP) is 20.7. The molecule has 0 amide bonds. The number of anilines is 3. The molecule has 0 saturated heterocycles. The zero-order valence-electron chi connectivity index (χ0n) is 46.5. The summed E-state index contributed by atoms with van der Waals surface area (Å²) < 4.78 is 0. The van der Waals surface area contributed by atoms with Crippen molar-refractivity contribution in [3.05, 3.63) is 256 Å². The van der Waals surface area contributed by atoms with Gasteiger partial charge >= 0.3 is 0 Å². The minimum Gasteiger partial charge on any atom is -0.310 e. The molecule has 1 heteroatoms. The summed E-state index contributed by atoms with van der Waals surface area (Å²) in [4.78, 5) is 2.57. The molecule has 0 aliphatic heterocycles. The SMILES string of the molecule is CC1(C)c2cc(-c3cc4ccccc4c4ccccc34)ccc2-c2ccc(N(c3ccc4c(c3)C(C)(C)c3cc5c(cc3-4)C(C)(C)c3ccccc3-5)c3ccc4c(c3)C(C)(C)c3cc5c(cc3-4)C(C)(C)c3ccccc3-5)cc21. The lowest BCUT2D eigenvalue weighted by atomic mass is 9.79. The molecule has 0 fully saturated rings. The first-order valence-corrected chi connectivity index (χ1v) is 28.3. The predicted molar refractivity (Wildman–Crippen MR) is 329 cm³/mol. The third kappa shape index (κ3) is 5.82. The maximum atomic E-state index is 2.57. The second-order valence-electron chi connectivity index (χ2n) is 26.1. The zero-order chi connectivity index (χ0) is 53.2. The van der Waals surface area contributed by atoms with Crippen LogP contribution in [0, 0.1) is 0 Å². The molecule has 78 heavy (non-hydrogen) atoms. The van der Waals surface area contributed by atoms with Crippen LogP contribution in [0.4, 0.5) is 17.1 Å². The standard InChI is InChI=1S/C77H63N/c1-73(2)63-25-17-15-23-52(63)59-40-71-61(42-69(59)73)56-33-29-47(38-67(56)76(71,7)8)78(48-30-34-57-62-43-70-60(41-72(62)77(9,10)68(57)39-48)53-24-16-18-26-64(53)74(70,3)4)46-28-32-55-54-31-27-45(36-65(54)75(5,6)66(55)37-46)58-35-44-19-11-12-20-49(44)50-21-13-14-22-51(50)58/h11-43H,1-10H3. The van der Waals surface area contributed by atoms with Gasteiger partial charge in [0.1, 0.15) is 0 Å². The van der Waals surface area contributed by atoms with Gasteiger partial charge in [-0.05, 0) is 217 Å². The summed E-state index contributed by atoms with van der Waals surface area (Å²) in [6.07, 6.45) is 0. The molecule has 0 radical (unpaired) electrons. The van der Waals surface area contributed by atoms with E-state index < -0.39 is 0 Å². The van der Waals surface area contributed by atoms with E-state index in [1.807, 2.05) is 0 Å². The Hall–Kier alpha value is -8.26. The smallest absolute Gasteiger partial charge is 0.0465 e. The molecule has 0 N–H and O–H groups in total. The van der Waals surface area contributed by atoms with Gasteiger partial charge in [-0.3, -0.25) is 0 Å². The highest BCUT2D eigenvalue weighted by Crippen LogP contribution is 2.60. The summed E-state index contributed by atoms with van der Waals surface area (Å²) in [6.45, 7) is 24.3. The average Bonchev–Trinajstić information content (AvgIpc) is 4.20. The van der Waals surface area contributed by atoms with E-state index >= 15 is 0 Å². The Labute approximate surface area is 459 Å². The summed E-state index contributed by atoms with van der Waals surface area (Å²) in [7, 11) is 0. The first kappa shape index (κ1) is 45.9. The van der Waals surface area contributed by atoms with E-state index in [1.165, 1.54) is 161 Å². The number of fused-ring (bicyclic) bond motifs is 18. The first-order valence-electron chi connectivity index (χ1n) is 28.3. The van der Waals surface area contributed by atoms with Crippen molar-refractivity contribution in [3.8, 4) is 66.8 Å². The molecule has 0 unspecified atom stereocenters. The van der Waals surface area contributed by atoms with Gasteiger partial charge in [-0.25, -0.2) is 0 Å². The van der Waals surface area contributed by atoms with Gasteiger partial charge in [0.25, 0.3) is 0 Å². The van der Waals surface area contributed by atoms with Gasteiger partial charge in [-0.2, -0.15) is 0 Å². The van der Waals surface area contributed by atoms with Gasteiger partial charge in [0.15, 0.2) is 0 Å². The highest BCUT2D eigenvalue weighted by Gasteiger charge is 2.45. The molecule has 11 aromatic carbocycles. The maximum Gasteiger partial charge on any atom is 0.0465 e. The lowest BCUT2D eigenvalue weighted by Crippen LogP contribution is -2.19. The van der Waals surface area contributed by atoms with Crippen molar-refractivity contribution in [1.82, 2.24) is 0 Å². The van der Waals surface area contributed by atoms with E-state index in [-0.39, 0.29) is 27.1 Å². The molecule has 0 aromatic heterocycles. The summed E-state index contributed by atoms with van der Waals surface area (Å²) >= 11 is 0. The van der Waals surface area contributed by atoms with E-state index in [0.717, 1.165) is 0 Å². The van der Waals surface area contributed by atoms with Gasteiger partial charge in [0.05, 0.1) is 0 Å². The fourth-order valence-electron chi connectivity index (χ4n) is 15.9. The summed E-state index contributed by atoms with van der Waals surface area (Å²) in [5.41, 5.74) is 32.9. The number of nitrogens with zero attached hydrogens (tertiary/aromatic N) is 1. The molecule has 1 nitrogen and oxygen atoms in total. The van der Waals surface area contributed by atoms with Crippen LogP contribution in [-0.4, -0.2) is 0 Å². The molecule has 376 valence electrons. The Balaban J connectivity index is 0.852. The van der Waals surface area contributed by atoms with Gasteiger partial charge < -0.3 is 4.90 Å². The van der Waals surface area contributed by atoms with Crippen molar-refractivity contribution in [1.29, 1.82) is 0 Å². The largest absolute Gasteiger partial charge is 0.310 e. The van der Waals surface area contributed by atoms with Crippen molar-refractivity contribution in [2.45, 2.75) is 96.3 Å². The van der Waals surface area contributed by atoms with Crippen LogP contribution in [-0.2, 0) is 27.1 Å². The Bertz CT molecular complexity index is 4350. The van der Waals surface area contributed by atoms with Crippen LogP contribution in [0.5, 0.6) is 0 Å². The van der Waals surface area contributed by atoms with Crippen LogP contribution < -0.4 is 4.90 Å². The highest BCUT2D eigenvalue weighted by molar-refractivity contribution is 6.14. The van der Waals surface area contributed by atoms with E-state index in [9.17, 15) is 0 Å². The topological polar surface area (TPSA) is 3.24 Å². The van der Waals surface area contributed by atoms with Crippen LogP contribution in [0.15, 0.2) is 200 Å². The fraction of sp³-hybridized carbons (Fsp3) is 0.195. The molecule has 0 heterocycles. The van der Waals surface area contributed by atoms with Crippen molar-refractivity contribution < 1.29 is 0 Å². The summed E-state index contributed by atoms with van der Waals surface area (Å²) in [5.74, 6) is 0. The third-order valence-corrected chi connectivity index (χ3v) is 20.2. The number of benzene rings is 11. The summed E-state index contributed by atoms with van der Waals surface area (Å²) in [6, 6.07) is 77.7. The highest BCUT2D eigenvalue weighted by atomic mass is 15.1. The molecule has 0 bridgehead atoms. The second-order valence-corrected chi connectivity index (χ2v) is 26.1. The average molecular weight is 1000 g/mol. The third-order valence-electron chi connectivity index (χ3n) is 20.2. The molecule has 16 rings (SSSR count). The second kappa shape index (κ2) is 15.1. The van der Waals surface area contributed by atoms with E-state index in [2.05, 4.69) is 274 Å². The lowest BCUT2D eigenvalue weighted by molar-refractivity contribution is 0.651. The van der Waals surface area contributed by atoms with Crippen molar-refractivity contribution in [2.75, 3.05) is 4.90 Å². The lowest BCUT2D eigenvalue weighted by Gasteiger charge is -2.31. The Morgan fingerprint density at radius 1 is 0.218 bits per heavy atom. The molecule has 5 aliphatic carbocycles. The Morgan fingerprint density at radius 2 is 0.538 bits per heavy atom. The van der Waals surface area contributed by atoms with Crippen molar-refractivity contribution in [2.24, 2.45) is 0 Å². The monoisotopic (exact) mass is 1000 g/mol. The van der Waals surface area contributed by atoms with E-state index in [4.69, 9.17) is 0 Å². The van der Waals surface area contributed by atoms with E-state index in [0.29, 0.717) is 0 Å². The van der Waals surface area contributed by atoms with Crippen LogP contribution in [0.2, 0.25) is 0 Å². The van der Waals surface area contributed by atoms with Crippen LogP contribution in [0.3, 0.4) is 0 Å². The Kier molecular flexibility index (Phi) is 8.86. The molecule has 5 aliphatic rings. The number of hydrogen-bond acceptors (Lipinski definition) is 1. The maximum absolute atomic E-state index is 2.57. The zero-order valence-corrected chi connectivity index (χ0v) is 46.5. The van der Waals surface area contributed by atoms with Crippen molar-refractivity contribution in [3.63, 3.8) is 0 Å². The molecule has 0 atom stereocenters. The first-order chi connectivity index (χ1) is 37.4. The van der Waals surface area contributed by atoms with Gasteiger partial charge in [-0.1, -0.05) is 197 Å². The van der Waals surface area contributed by atoms with Gasteiger partial charge in [-0.15, -0.1) is 0 Å². The minimum absolute atomic E-state index is 0.0697. The normalized spacial score (nSPS) is 16.8. The Morgan fingerprint density at radius 3 is 1.00 bits per heavy atom. The molecular formula is C77H63N. The van der Waals surface area contributed by atoms with Crippen LogP contribution >= 0.6 is 0 Å². The fourth-order valence-corrected chi connectivity index (χ4v) is 15.9. The number of hydrogen-bond donors (Lipinski definition) is 0. The van der Waals surface area contributed by atoms with Crippen molar-refractivity contribution >= 4 is 38.6 Å². The molecule has 0 saturated carbocycles. The minimum atomic E-state index is -0.252. The molecular weight excluding hydrogens is 939 g/mol. The summed E-state index contributed by atoms with van der Waals surface area (Å²) in [5, 5.41) is 5.16. The molecule has 11 aromatic rings. The van der Waals surface area contributed by atoms with Gasteiger partial charge in [0, 0.05) is 44.1 Å². The number of rotatable bonds is 4. The van der Waals surface area contributed by atoms with Crippen LogP contribution in [0.25, 0.3) is 88.3 Å². The molecule has 0 spiro atoms. The van der Waals surface area contributed by atoms with E-state index in [1.54, 1.807) is 0 Å². The quantitative estimate of drug-likeness (QED) is 0.159. The van der Waals surface area contributed by atoms with Gasteiger partial charge in [0.2, 0.25) is 0 Å².